The van der Waals surface area contributed by atoms with Gasteiger partial charge in [0.05, 0.1) is 19.0 Å². The number of aromatic nitrogens is 2. The lowest BCUT2D eigenvalue weighted by Gasteiger charge is -2.15. The zero-order valence-corrected chi connectivity index (χ0v) is 13.6. The molecule has 1 aliphatic rings. The molecule has 3 rings (SSSR count). The maximum Gasteiger partial charge on any atom is 0.246 e. The van der Waals surface area contributed by atoms with Crippen LogP contribution in [0.25, 0.3) is 0 Å². The van der Waals surface area contributed by atoms with Gasteiger partial charge in [-0.25, -0.2) is 0 Å². The summed E-state index contributed by atoms with van der Waals surface area (Å²) in [5.41, 5.74) is 0. The van der Waals surface area contributed by atoms with Gasteiger partial charge in [-0.1, -0.05) is 11.2 Å². The van der Waals surface area contributed by atoms with Gasteiger partial charge >= 0.3 is 0 Å². The summed E-state index contributed by atoms with van der Waals surface area (Å²) in [4.78, 5) is 28.6. The minimum atomic E-state index is -0.322. The Balaban J connectivity index is 1.52. The molecule has 0 bridgehead atoms. The van der Waals surface area contributed by atoms with Crippen molar-refractivity contribution in [3.8, 4) is 0 Å². The number of amides is 2. The summed E-state index contributed by atoms with van der Waals surface area (Å²) < 4.78 is 5.11. The Morgan fingerprint density at radius 2 is 2.30 bits per heavy atom. The summed E-state index contributed by atoms with van der Waals surface area (Å²) in [6.45, 7) is 1.64. The van der Waals surface area contributed by atoms with E-state index in [1.54, 1.807) is 0 Å². The predicted octanol–water partition coefficient (Wildman–Crippen LogP) is 1.89. The number of nitrogens with one attached hydrogen (secondary N) is 2. The molecule has 0 unspecified atom stereocenters. The van der Waals surface area contributed by atoms with Gasteiger partial charge in [-0.2, -0.15) is 4.98 Å². The number of rotatable bonds is 7. The van der Waals surface area contributed by atoms with Gasteiger partial charge in [0.15, 0.2) is 5.82 Å². The van der Waals surface area contributed by atoms with Gasteiger partial charge in [0.1, 0.15) is 0 Å². The van der Waals surface area contributed by atoms with E-state index in [0.717, 1.165) is 23.5 Å². The highest BCUT2D eigenvalue weighted by molar-refractivity contribution is 7.10. The van der Waals surface area contributed by atoms with Crippen LogP contribution in [0.5, 0.6) is 0 Å². The first kappa shape index (κ1) is 15.7. The minimum Gasteiger partial charge on any atom is -0.348 e. The lowest BCUT2D eigenvalue weighted by molar-refractivity contribution is -0.123. The van der Waals surface area contributed by atoms with Crippen molar-refractivity contribution in [1.82, 2.24) is 20.8 Å². The van der Waals surface area contributed by atoms with Crippen molar-refractivity contribution >= 4 is 23.2 Å². The molecule has 0 spiro atoms. The Morgan fingerprint density at radius 1 is 1.48 bits per heavy atom. The van der Waals surface area contributed by atoms with Gasteiger partial charge in [0.2, 0.25) is 17.7 Å². The van der Waals surface area contributed by atoms with Gasteiger partial charge < -0.3 is 15.2 Å². The fraction of sp³-hybridized carbons (Fsp3) is 0.467. The van der Waals surface area contributed by atoms with Gasteiger partial charge in [-0.3, -0.25) is 9.59 Å². The summed E-state index contributed by atoms with van der Waals surface area (Å²) in [5, 5.41) is 11.4. The molecular weight excluding hydrogens is 316 g/mol. The maximum atomic E-state index is 12.1. The normalized spacial score (nSPS) is 15.2. The highest BCUT2D eigenvalue weighted by Crippen LogP contribution is 2.38. The smallest absolute Gasteiger partial charge is 0.246 e. The van der Waals surface area contributed by atoms with Crippen LogP contribution in [-0.4, -0.2) is 22.0 Å². The molecule has 8 heteroatoms. The number of hydrogen-bond donors (Lipinski definition) is 2. The first-order valence-electron chi connectivity index (χ1n) is 7.51. The average Bonchev–Trinajstić information content (AvgIpc) is 3.03. The van der Waals surface area contributed by atoms with Gasteiger partial charge in [0.25, 0.3) is 0 Å². The second-order valence-corrected chi connectivity index (χ2v) is 6.55. The van der Waals surface area contributed by atoms with E-state index in [9.17, 15) is 9.59 Å². The summed E-state index contributed by atoms with van der Waals surface area (Å²) >= 11 is 1.51. The van der Waals surface area contributed by atoms with E-state index >= 15 is 0 Å². The van der Waals surface area contributed by atoms with Crippen LogP contribution >= 0.6 is 11.3 Å². The second-order valence-electron chi connectivity index (χ2n) is 5.57. The topological polar surface area (TPSA) is 97.1 Å². The molecule has 0 aromatic carbocycles. The van der Waals surface area contributed by atoms with Crippen molar-refractivity contribution in [3.63, 3.8) is 0 Å². The van der Waals surface area contributed by atoms with Gasteiger partial charge in [0, 0.05) is 17.7 Å². The van der Waals surface area contributed by atoms with Crippen molar-refractivity contribution < 1.29 is 14.1 Å². The number of carbonyl (C=O) groups excluding carboxylic acids is 2. The fourth-order valence-electron chi connectivity index (χ4n) is 2.24. The van der Waals surface area contributed by atoms with E-state index in [1.807, 2.05) is 17.5 Å². The average molecular weight is 334 g/mol. The molecule has 1 saturated carbocycles. The third-order valence-corrected chi connectivity index (χ3v) is 4.50. The van der Waals surface area contributed by atoms with E-state index in [4.69, 9.17) is 4.52 Å². The second kappa shape index (κ2) is 6.91. The zero-order valence-electron chi connectivity index (χ0n) is 12.7. The third-order valence-electron chi connectivity index (χ3n) is 3.52. The van der Waals surface area contributed by atoms with Crippen LogP contribution in [0.1, 0.15) is 54.7 Å². The highest BCUT2D eigenvalue weighted by Gasteiger charge is 2.28. The Kier molecular flexibility index (Phi) is 4.71. The Hall–Kier alpha value is -2.22. The lowest BCUT2D eigenvalue weighted by Crippen LogP contribution is -2.32. The molecule has 0 aliphatic heterocycles. The van der Waals surface area contributed by atoms with Gasteiger partial charge in [-0.15, -0.1) is 11.3 Å². The first-order valence-corrected chi connectivity index (χ1v) is 8.39. The van der Waals surface area contributed by atoms with Crippen molar-refractivity contribution in [2.75, 3.05) is 0 Å². The van der Waals surface area contributed by atoms with Crippen LogP contribution in [0.3, 0.4) is 0 Å². The fourth-order valence-corrected chi connectivity index (χ4v) is 3.01. The third kappa shape index (κ3) is 4.38. The Bertz CT molecular complexity index is 679. The molecule has 2 amide bonds. The molecule has 1 atom stereocenters. The van der Waals surface area contributed by atoms with E-state index in [1.165, 1.54) is 18.3 Å². The maximum absolute atomic E-state index is 12.1. The van der Waals surface area contributed by atoms with Crippen LogP contribution in [0.2, 0.25) is 0 Å². The van der Waals surface area contributed by atoms with Crippen LogP contribution in [0.15, 0.2) is 22.0 Å². The molecule has 2 N–H and O–H groups in total. The first-order chi connectivity index (χ1) is 11.1. The highest BCUT2D eigenvalue weighted by atomic mass is 32.1. The number of thiophene rings is 1. The van der Waals surface area contributed by atoms with Crippen LogP contribution in [-0.2, 0) is 16.1 Å². The molecular formula is C15H18N4O3S. The molecule has 7 nitrogen and oxygen atoms in total. The Morgan fingerprint density at radius 3 is 2.96 bits per heavy atom. The van der Waals surface area contributed by atoms with Crippen LogP contribution in [0.4, 0.5) is 0 Å². The summed E-state index contributed by atoms with van der Waals surface area (Å²) in [6, 6.07) is 3.47. The van der Waals surface area contributed by atoms with Gasteiger partial charge in [-0.05, 0) is 24.3 Å². The molecule has 0 saturated heterocycles. The number of carbonyl (C=O) groups is 2. The van der Waals surface area contributed by atoms with Crippen molar-refractivity contribution in [2.45, 2.75) is 44.7 Å². The quantitative estimate of drug-likeness (QED) is 0.806. The molecule has 2 heterocycles. The predicted molar refractivity (Wildman–Crippen MR) is 83.6 cm³/mol. The van der Waals surface area contributed by atoms with Crippen LogP contribution < -0.4 is 10.6 Å². The number of nitrogens with zero attached hydrogens (tertiary/aromatic N) is 2. The molecule has 2 aromatic rings. The monoisotopic (exact) mass is 334 g/mol. The van der Waals surface area contributed by atoms with E-state index < -0.39 is 0 Å². The standard InChI is InChI=1S/C15H18N4O3S/c1-9(20)17-11(12-3-2-6-23-12)7-13(21)16-8-14-18-15(19-22-14)10-4-5-10/h2-3,6,10-11H,4-5,7-8H2,1H3,(H,16,21)(H,17,20)/t11-/m0/s1. The van der Waals surface area contributed by atoms with E-state index in [2.05, 4.69) is 20.8 Å². The minimum absolute atomic E-state index is 0.165. The van der Waals surface area contributed by atoms with Crippen LogP contribution in [0, 0.1) is 0 Å². The summed E-state index contributed by atoms with van der Waals surface area (Å²) in [7, 11) is 0. The molecule has 0 radical (unpaired) electrons. The summed E-state index contributed by atoms with van der Waals surface area (Å²) in [5.74, 6) is 1.22. The number of hydrogen-bond acceptors (Lipinski definition) is 6. The molecule has 1 aliphatic carbocycles. The molecule has 2 aromatic heterocycles. The summed E-state index contributed by atoms with van der Waals surface area (Å²) in [6.07, 6.45) is 2.37. The SMILES string of the molecule is CC(=O)N[C@@H](CC(=O)NCc1nc(C2CC2)no1)c1cccs1. The van der Waals surface area contributed by atoms with Crippen molar-refractivity contribution in [2.24, 2.45) is 0 Å². The van der Waals surface area contributed by atoms with E-state index in [-0.39, 0.29) is 30.8 Å². The molecule has 1 fully saturated rings. The molecule has 122 valence electrons. The van der Waals surface area contributed by atoms with Crippen molar-refractivity contribution in [3.05, 3.63) is 34.1 Å². The zero-order chi connectivity index (χ0) is 16.2. The molecule has 23 heavy (non-hydrogen) atoms. The lowest BCUT2D eigenvalue weighted by atomic mass is 10.1. The largest absolute Gasteiger partial charge is 0.348 e. The Labute approximate surface area is 137 Å². The van der Waals surface area contributed by atoms with E-state index in [0.29, 0.717) is 11.8 Å². The van der Waals surface area contributed by atoms with Crippen molar-refractivity contribution in [1.29, 1.82) is 0 Å².